The monoisotopic (exact) mass is 266 g/mol. The van der Waals surface area contributed by atoms with Crippen molar-refractivity contribution in [1.82, 2.24) is 10.2 Å². The molecule has 106 valence electrons. The molecule has 0 aromatic carbocycles. The van der Waals surface area contributed by atoms with Crippen LogP contribution in [0.25, 0.3) is 0 Å². The number of amides is 2. The van der Waals surface area contributed by atoms with Gasteiger partial charge in [0.15, 0.2) is 0 Å². The van der Waals surface area contributed by atoms with Crippen LogP contribution in [0.1, 0.15) is 39.5 Å². The number of piperidine rings is 1. The Bertz CT molecular complexity index is 379. The van der Waals surface area contributed by atoms with Gasteiger partial charge in [0.1, 0.15) is 0 Å². The fourth-order valence-electron chi connectivity index (χ4n) is 2.12. The highest BCUT2D eigenvalue weighted by atomic mass is 16.4. The maximum atomic E-state index is 12.0. The molecule has 1 saturated heterocycles. The van der Waals surface area contributed by atoms with Gasteiger partial charge in [-0.2, -0.15) is 0 Å². The number of carbonyl (C=O) groups excluding carboxylic acids is 1. The van der Waals surface area contributed by atoms with Crippen LogP contribution in [0.4, 0.5) is 4.79 Å². The third-order valence-corrected chi connectivity index (χ3v) is 3.86. The van der Waals surface area contributed by atoms with Crippen LogP contribution >= 0.6 is 0 Å². The minimum absolute atomic E-state index is 0.00900. The number of carbonyl (C=O) groups is 2. The van der Waals surface area contributed by atoms with Crippen molar-refractivity contribution >= 4 is 12.0 Å². The Morgan fingerprint density at radius 2 is 2.05 bits per heavy atom. The van der Waals surface area contributed by atoms with Gasteiger partial charge < -0.3 is 15.3 Å². The fraction of sp³-hybridized carbons (Fsp3) is 0.714. The van der Waals surface area contributed by atoms with E-state index in [4.69, 9.17) is 11.5 Å². The number of likely N-dealkylation sites (tertiary alicyclic amines) is 1. The normalized spacial score (nSPS) is 19.3. The SMILES string of the molecule is C#CCC(CC)NC(=O)N1CCC(C)(C(=O)O)CC1. The molecule has 0 aliphatic carbocycles. The topological polar surface area (TPSA) is 69.6 Å². The molecule has 1 aliphatic heterocycles. The summed E-state index contributed by atoms with van der Waals surface area (Å²) in [6.45, 7) is 4.65. The molecular formula is C14H22N2O3. The molecule has 1 atom stereocenters. The average molecular weight is 266 g/mol. The second-order valence-corrected chi connectivity index (χ2v) is 5.32. The Kier molecular flexibility index (Phi) is 5.22. The van der Waals surface area contributed by atoms with Crippen molar-refractivity contribution < 1.29 is 14.7 Å². The number of urea groups is 1. The summed E-state index contributed by atoms with van der Waals surface area (Å²) in [6, 6.07) is -0.153. The molecule has 0 bridgehead atoms. The van der Waals surface area contributed by atoms with E-state index in [2.05, 4.69) is 11.2 Å². The van der Waals surface area contributed by atoms with Gasteiger partial charge in [0.2, 0.25) is 0 Å². The van der Waals surface area contributed by atoms with Crippen molar-refractivity contribution in [2.24, 2.45) is 5.41 Å². The minimum Gasteiger partial charge on any atom is -0.481 e. The van der Waals surface area contributed by atoms with E-state index in [0.29, 0.717) is 32.4 Å². The predicted octanol–water partition coefficient (Wildman–Crippen LogP) is 1.68. The Hall–Kier alpha value is -1.70. The molecule has 0 aromatic rings. The first-order chi connectivity index (χ1) is 8.92. The number of rotatable bonds is 4. The molecule has 0 saturated carbocycles. The highest BCUT2D eigenvalue weighted by Gasteiger charge is 2.38. The zero-order valence-electron chi connectivity index (χ0n) is 11.6. The average Bonchev–Trinajstić information content (AvgIpc) is 2.38. The molecular weight excluding hydrogens is 244 g/mol. The molecule has 2 amide bonds. The maximum Gasteiger partial charge on any atom is 0.317 e. The molecule has 0 aromatic heterocycles. The Morgan fingerprint density at radius 3 is 2.47 bits per heavy atom. The van der Waals surface area contributed by atoms with Crippen molar-refractivity contribution in [1.29, 1.82) is 0 Å². The molecule has 1 fully saturated rings. The first-order valence-electron chi connectivity index (χ1n) is 6.65. The van der Waals surface area contributed by atoms with Crippen molar-refractivity contribution in [2.75, 3.05) is 13.1 Å². The lowest BCUT2D eigenvalue weighted by atomic mass is 9.80. The number of carboxylic acids is 1. The summed E-state index contributed by atoms with van der Waals surface area (Å²) < 4.78 is 0. The molecule has 0 spiro atoms. The van der Waals surface area contributed by atoms with Crippen LogP contribution in [-0.4, -0.2) is 41.1 Å². The molecule has 1 rings (SSSR count). The van der Waals surface area contributed by atoms with E-state index >= 15 is 0 Å². The Balaban J connectivity index is 2.49. The third kappa shape index (κ3) is 3.88. The van der Waals surface area contributed by atoms with Gasteiger partial charge in [0.05, 0.1) is 5.41 Å². The number of nitrogens with zero attached hydrogens (tertiary/aromatic N) is 1. The lowest BCUT2D eigenvalue weighted by Crippen LogP contribution is -2.50. The van der Waals surface area contributed by atoms with E-state index in [1.165, 1.54) is 0 Å². The molecule has 1 unspecified atom stereocenters. The highest BCUT2D eigenvalue weighted by Crippen LogP contribution is 2.30. The largest absolute Gasteiger partial charge is 0.481 e. The van der Waals surface area contributed by atoms with E-state index in [-0.39, 0.29) is 12.1 Å². The number of terminal acetylenes is 1. The number of carboxylic acid groups (broad SMARTS) is 1. The van der Waals surface area contributed by atoms with Gasteiger partial charge in [0, 0.05) is 25.6 Å². The molecule has 1 aliphatic rings. The molecule has 1 heterocycles. The third-order valence-electron chi connectivity index (χ3n) is 3.86. The lowest BCUT2D eigenvalue weighted by molar-refractivity contribution is -0.150. The van der Waals surface area contributed by atoms with Gasteiger partial charge in [-0.3, -0.25) is 4.79 Å². The van der Waals surface area contributed by atoms with Crippen LogP contribution < -0.4 is 5.32 Å². The first-order valence-corrected chi connectivity index (χ1v) is 6.65. The molecule has 0 radical (unpaired) electrons. The standard InChI is InChI=1S/C14H22N2O3/c1-4-6-11(5-2)15-13(19)16-9-7-14(3,8-10-16)12(17)18/h1,11H,5-10H2,2-3H3,(H,15,19)(H,17,18). The van der Waals surface area contributed by atoms with E-state index in [9.17, 15) is 9.59 Å². The molecule has 19 heavy (non-hydrogen) atoms. The van der Waals surface area contributed by atoms with Crippen LogP contribution in [0.15, 0.2) is 0 Å². The van der Waals surface area contributed by atoms with Crippen molar-refractivity contribution in [3.05, 3.63) is 0 Å². The van der Waals surface area contributed by atoms with E-state index < -0.39 is 11.4 Å². The number of hydrogen-bond acceptors (Lipinski definition) is 2. The summed E-state index contributed by atoms with van der Waals surface area (Å²) in [7, 11) is 0. The summed E-state index contributed by atoms with van der Waals surface area (Å²) in [5.41, 5.74) is -0.709. The summed E-state index contributed by atoms with van der Waals surface area (Å²) in [5.74, 6) is 1.76. The lowest BCUT2D eigenvalue weighted by Gasteiger charge is -2.36. The minimum atomic E-state index is -0.786. The summed E-state index contributed by atoms with van der Waals surface area (Å²) >= 11 is 0. The number of aliphatic carboxylic acids is 1. The van der Waals surface area contributed by atoms with Gasteiger partial charge in [0.25, 0.3) is 0 Å². The first kappa shape index (κ1) is 15.4. The molecule has 5 nitrogen and oxygen atoms in total. The quantitative estimate of drug-likeness (QED) is 0.761. The van der Waals surface area contributed by atoms with E-state index in [1.54, 1.807) is 11.8 Å². The van der Waals surface area contributed by atoms with Gasteiger partial charge >= 0.3 is 12.0 Å². The fourth-order valence-corrected chi connectivity index (χ4v) is 2.12. The van der Waals surface area contributed by atoms with Gasteiger partial charge in [-0.25, -0.2) is 4.79 Å². The van der Waals surface area contributed by atoms with Crippen LogP contribution in [-0.2, 0) is 4.79 Å². The highest BCUT2D eigenvalue weighted by molar-refractivity contribution is 5.77. The zero-order valence-corrected chi connectivity index (χ0v) is 11.6. The van der Waals surface area contributed by atoms with Gasteiger partial charge in [-0.1, -0.05) is 6.92 Å². The van der Waals surface area contributed by atoms with Gasteiger partial charge in [-0.05, 0) is 26.2 Å². The van der Waals surface area contributed by atoms with Crippen LogP contribution in [0.2, 0.25) is 0 Å². The number of nitrogens with one attached hydrogen (secondary N) is 1. The zero-order chi connectivity index (χ0) is 14.5. The van der Waals surface area contributed by atoms with Crippen molar-refractivity contribution in [2.45, 2.75) is 45.6 Å². The van der Waals surface area contributed by atoms with Crippen LogP contribution in [0.5, 0.6) is 0 Å². The maximum absolute atomic E-state index is 12.0. The summed E-state index contributed by atoms with van der Waals surface area (Å²) in [5, 5.41) is 12.0. The predicted molar refractivity (Wildman–Crippen MR) is 72.6 cm³/mol. The smallest absolute Gasteiger partial charge is 0.317 e. The molecule has 5 heteroatoms. The molecule has 2 N–H and O–H groups in total. The van der Waals surface area contributed by atoms with Gasteiger partial charge in [-0.15, -0.1) is 12.3 Å². The van der Waals surface area contributed by atoms with E-state index in [0.717, 1.165) is 6.42 Å². The van der Waals surface area contributed by atoms with Crippen LogP contribution in [0, 0.1) is 17.8 Å². The summed E-state index contributed by atoms with van der Waals surface area (Å²) in [6.07, 6.45) is 7.53. The summed E-state index contributed by atoms with van der Waals surface area (Å²) in [4.78, 5) is 24.8. The van der Waals surface area contributed by atoms with Crippen molar-refractivity contribution in [3.63, 3.8) is 0 Å². The Morgan fingerprint density at radius 1 is 1.47 bits per heavy atom. The second-order valence-electron chi connectivity index (χ2n) is 5.32. The van der Waals surface area contributed by atoms with E-state index in [1.807, 2.05) is 6.92 Å². The van der Waals surface area contributed by atoms with Crippen molar-refractivity contribution in [3.8, 4) is 12.3 Å². The van der Waals surface area contributed by atoms with Crippen LogP contribution in [0.3, 0.4) is 0 Å². The second kappa shape index (κ2) is 6.46. The Labute approximate surface area is 114 Å². The number of hydrogen-bond donors (Lipinski definition) is 2.